The minimum atomic E-state index is -1.12. The fourth-order valence-electron chi connectivity index (χ4n) is 2.08. The Morgan fingerprint density at radius 3 is 2.40 bits per heavy atom. The number of hydrogen-bond acceptors (Lipinski definition) is 3. The molecule has 20 heavy (non-hydrogen) atoms. The second-order valence-corrected chi connectivity index (χ2v) is 5.10. The van der Waals surface area contributed by atoms with Crippen molar-refractivity contribution >= 4 is 17.8 Å². The molecule has 0 spiro atoms. The number of benzene rings is 1. The number of urea groups is 1. The van der Waals surface area contributed by atoms with Crippen molar-refractivity contribution in [3.63, 3.8) is 0 Å². The van der Waals surface area contributed by atoms with E-state index in [0.29, 0.717) is 5.56 Å². The van der Waals surface area contributed by atoms with Gasteiger partial charge in [0, 0.05) is 14.1 Å². The van der Waals surface area contributed by atoms with Crippen LogP contribution in [0.2, 0.25) is 0 Å². The average Bonchev–Trinajstić information content (AvgIpc) is 2.64. The summed E-state index contributed by atoms with van der Waals surface area (Å²) in [5.41, 5.74) is -0.427. The first-order chi connectivity index (χ1) is 9.36. The van der Waals surface area contributed by atoms with Crippen LogP contribution < -0.4 is 5.32 Å². The summed E-state index contributed by atoms with van der Waals surface area (Å²) in [6.45, 7) is 1.39. The molecule has 1 N–H and O–H groups in total. The summed E-state index contributed by atoms with van der Waals surface area (Å²) in [5.74, 6) is -0.713. The molecule has 1 aromatic rings. The van der Waals surface area contributed by atoms with Crippen LogP contribution in [0.1, 0.15) is 12.5 Å². The van der Waals surface area contributed by atoms with Gasteiger partial charge in [-0.3, -0.25) is 14.5 Å². The molecule has 1 aliphatic heterocycles. The lowest BCUT2D eigenvalue weighted by atomic mass is 9.92. The van der Waals surface area contributed by atoms with Gasteiger partial charge in [-0.15, -0.1) is 0 Å². The Labute approximate surface area is 117 Å². The number of likely N-dealkylation sites (N-methyl/N-ethyl adjacent to an activating group) is 1. The van der Waals surface area contributed by atoms with E-state index in [1.54, 1.807) is 45.3 Å². The zero-order valence-corrected chi connectivity index (χ0v) is 11.7. The van der Waals surface area contributed by atoms with E-state index in [1.165, 1.54) is 4.90 Å². The van der Waals surface area contributed by atoms with Crippen molar-refractivity contribution in [1.29, 1.82) is 0 Å². The molecule has 1 saturated heterocycles. The van der Waals surface area contributed by atoms with Gasteiger partial charge in [0.25, 0.3) is 5.91 Å². The van der Waals surface area contributed by atoms with Crippen LogP contribution in [-0.2, 0) is 15.1 Å². The Morgan fingerprint density at radius 1 is 1.25 bits per heavy atom. The first-order valence-corrected chi connectivity index (χ1v) is 6.26. The van der Waals surface area contributed by atoms with Crippen LogP contribution in [0.5, 0.6) is 0 Å². The van der Waals surface area contributed by atoms with Gasteiger partial charge < -0.3 is 10.2 Å². The molecule has 0 bridgehead atoms. The molecule has 106 valence electrons. The third-order valence-corrected chi connectivity index (χ3v) is 3.42. The Morgan fingerprint density at radius 2 is 1.85 bits per heavy atom. The van der Waals surface area contributed by atoms with E-state index >= 15 is 0 Å². The fraction of sp³-hybridized carbons (Fsp3) is 0.357. The van der Waals surface area contributed by atoms with E-state index in [2.05, 4.69) is 5.32 Å². The van der Waals surface area contributed by atoms with Crippen molar-refractivity contribution in [2.24, 2.45) is 0 Å². The standard InChI is InChI=1S/C14H17N3O3/c1-14(10-7-5-4-6-8-10)12(19)17(13(20)15-14)9-11(18)16(2)3/h4-8H,9H2,1-3H3,(H,15,20). The lowest BCUT2D eigenvalue weighted by Crippen LogP contribution is -2.43. The van der Waals surface area contributed by atoms with Crippen LogP contribution >= 0.6 is 0 Å². The smallest absolute Gasteiger partial charge is 0.325 e. The van der Waals surface area contributed by atoms with Gasteiger partial charge in [-0.1, -0.05) is 30.3 Å². The van der Waals surface area contributed by atoms with Crippen LogP contribution in [-0.4, -0.2) is 48.3 Å². The number of rotatable bonds is 3. The van der Waals surface area contributed by atoms with E-state index in [0.717, 1.165) is 4.90 Å². The number of nitrogens with one attached hydrogen (secondary N) is 1. The van der Waals surface area contributed by atoms with E-state index in [9.17, 15) is 14.4 Å². The zero-order chi connectivity index (χ0) is 14.9. The van der Waals surface area contributed by atoms with Crippen LogP contribution in [0.3, 0.4) is 0 Å². The van der Waals surface area contributed by atoms with Gasteiger partial charge in [0.2, 0.25) is 5.91 Å². The van der Waals surface area contributed by atoms with E-state index < -0.39 is 17.5 Å². The first-order valence-electron chi connectivity index (χ1n) is 6.26. The minimum Gasteiger partial charge on any atom is -0.347 e. The molecule has 0 aromatic heterocycles. The number of nitrogens with zero attached hydrogens (tertiary/aromatic N) is 2. The minimum absolute atomic E-state index is 0.250. The molecule has 4 amide bonds. The maximum Gasteiger partial charge on any atom is 0.325 e. The summed E-state index contributed by atoms with van der Waals surface area (Å²) in [7, 11) is 3.16. The van der Waals surface area contributed by atoms with Gasteiger partial charge in [-0.05, 0) is 12.5 Å². The second kappa shape index (κ2) is 4.96. The first kappa shape index (κ1) is 14.0. The molecule has 1 atom stereocenters. The van der Waals surface area contributed by atoms with Crippen molar-refractivity contribution in [3.8, 4) is 0 Å². The molecule has 1 aliphatic rings. The maximum atomic E-state index is 12.5. The Kier molecular flexibility index (Phi) is 3.48. The molecule has 1 fully saturated rings. The molecule has 6 heteroatoms. The van der Waals surface area contributed by atoms with Crippen molar-refractivity contribution < 1.29 is 14.4 Å². The van der Waals surface area contributed by atoms with E-state index in [4.69, 9.17) is 0 Å². The Bertz CT molecular complexity index is 556. The number of amides is 4. The summed E-state index contributed by atoms with van der Waals surface area (Å²) < 4.78 is 0. The SMILES string of the molecule is CN(C)C(=O)CN1C(=O)NC(C)(c2ccccc2)C1=O. The maximum absolute atomic E-state index is 12.5. The van der Waals surface area contributed by atoms with Crippen LogP contribution in [0, 0.1) is 0 Å². The molecule has 1 aromatic carbocycles. The van der Waals surface area contributed by atoms with Gasteiger partial charge in [0.15, 0.2) is 0 Å². The predicted molar refractivity (Wildman–Crippen MR) is 72.7 cm³/mol. The quantitative estimate of drug-likeness (QED) is 0.819. The highest BCUT2D eigenvalue weighted by atomic mass is 16.2. The summed E-state index contributed by atoms with van der Waals surface area (Å²) >= 11 is 0. The van der Waals surface area contributed by atoms with Crippen molar-refractivity contribution in [2.45, 2.75) is 12.5 Å². The topological polar surface area (TPSA) is 69.7 Å². The van der Waals surface area contributed by atoms with Crippen LogP contribution in [0.15, 0.2) is 30.3 Å². The molecule has 6 nitrogen and oxygen atoms in total. The van der Waals surface area contributed by atoms with Gasteiger partial charge in [-0.2, -0.15) is 0 Å². The van der Waals surface area contributed by atoms with E-state index in [1.807, 2.05) is 6.07 Å². The summed E-state index contributed by atoms with van der Waals surface area (Å²) in [4.78, 5) is 38.4. The van der Waals surface area contributed by atoms with Crippen molar-refractivity contribution in [3.05, 3.63) is 35.9 Å². The normalized spacial score (nSPS) is 21.9. The van der Waals surface area contributed by atoms with Gasteiger partial charge in [0.05, 0.1) is 0 Å². The molecule has 0 saturated carbocycles. The van der Waals surface area contributed by atoms with Gasteiger partial charge >= 0.3 is 6.03 Å². The molecule has 0 radical (unpaired) electrons. The Balaban J connectivity index is 2.27. The largest absolute Gasteiger partial charge is 0.347 e. The second-order valence-electron chi connectivity index (χ2n) is 5.10. The lowest BCUT2D eigenvalue weighted by molar-refractivity contribution is -0.137. The van der Waals surface area contributed by atoms with Gasteiger partial charge in [0.1, 0.15) is 12.1 Å². The number of carbonyl (C=O) groups excluding carboxylic acids is 3. The molecular weight excluding hydrogens is 258 g/mol. The molecule has 0 aliphatic carbocycles. The Hall–Kier alpha value is -2.37. The number of imide groups is 1. The monoisotopic (exact) mass is 275 g/mol. The number of hydrogen-bond donors (Lipinski definition) is 1. The highest BCUT2D eigenvalue weighted by Gasteiger charge is 2.49. The van der Waals surface area contributed by atoms with Gasteiger partial charge in [-0.25, -0.2) is 4.79 Å². The van der Waals surface area contributed by atoms with Crippen LogP contribution in [0.25, 0.3) is 0 Å². The van der Waals surface area contributed by atoms with Crippen molar-refractivity contribution in [2.75, 3.05) is 20.6 Å². The third-order valence-electron chi connectivity index (χ3n) is 3.42. The average molecular weight is 275 g/mol. The highest BCUT2D eigenvalue weighted by Crippen LogP contribution is 2.28. The molecular formula is C14H17N3O3. The predicted octanol–water partition coefficient (Wildman–Crippen LogP) is 0.542. The summed E-state index contributed by atoms with van der Waals surface area (Å²) in [5, 5.41) is 2.66. The molecule has 1 unspecified atom stereocenters. The van der Waals surface area contributed by atoms with E-state index in [-0.39, 0.29) is 12.5 Å². The van der Waals surface area contributed by atoms with Crippen LogP contribution in [0.4, 0.5) is 4.79 Å². The highest BCUT2D eigenvalue weighted by molar-refractivity contribution is 6.09. The number of carbonyl (C=O) groups is 3. The zero-order valence-electron chi connectivity index (χ0n) is 11.7. The van der Waals surface area contributed by atoms with Crippen molar-refractivity contribution in [1.82, 2.24) is 15.1 Å². The summed E-state index contributed by atoms with van der Waals surface area (Å²) in [6.07, 6.45) is 0. The fourth-order valence-corrected chi connectivity index (χ4v) is 2.08. The summed E-state index contributed by atoms with van der Waals surface area (Å²) in [6, 6.07) is 8.43. The third kappa shape index (κ3) is 2.24. The lowest BCUT2D eigenvalue weighted by Gasteiger charge is -2.22. The molecule has 2 rings (SSSR count). The molecule has 1 heterocycles.